The molecule has 3 aromatic rings. The first kappa shape index (κ1) is 20.9. The standard InChI is InChI=1S/C24H23NO5/c1-15-22(16(2)25-23(15)24(27)28)19(26)11-9-17-10-12-20(29-3)21(13-17)30-14-18-7-5-4-6-8-18/h4-13,25H,14H2,1-3H3,(H,27,28)/b11-9+. The predicted octanol–water partition coefficient (Wildman–Crippen LogP) is 4.81. The zero-order chi connectivity index (χ0) is 21.7. The number of nitrogens with one attached hydrogen (secondary N) is 1. The van der Waals surface area contributed by atoms with Crippen molar-refractivity contribution < 1.29 is 24.2 Å². The minimum absolute atomic E-state index is 0.0327. The van der Waals surface area contributed by atoms with Gasteiger partial charge in [0.2, 0.25) is 0 Å². The number of rotatable bonds is 8. The van der Waals surface area contributed by atoms with E-state index < -0.39 is 5.97 Å². The number of carboxylic acid groups (broad SMARTS) is 1. The zero-order valence-electron chi connectivity index (χ0n) is 17.1. The Morgan fingerprint density at radius 1 is 1.07 bits per heavy atom. The number of aromatic carboxylic acids is 1. The summed E-state index contributed by atoms with van der Waals surface area (Å²) in [5.74, 6) is -0.193. The summed E-state index contributed by atoms with van der Waals surface area (Å²) in [6.07, 6.45) is 3.10. The van der Waals surface area contributed by atoms with Gasteiger partial charge in [-0.25, -0.2) is 4.79 Å². The van der Waals surface area contributed by atoms with Crippen molar-refractivity contribution in [2.45, 2.75) is 20.5 Å². The lowest BCUT2D eigenvalue weighted by atomic mass is 10.0. The first-order chi connectivity index (χ1) is 14.4. The third-order valence-corrected chi connectivity index (χ3v) is 4.75. The smallest absolute Gasteiger partial charge is 0.352 e. The summed E-state index contributed by atoms with van der Waals surface area (Å²) in [5, 5.41) is 9.22. The van der Waals surface area contributed by atoms with Gasteiger partial charge in [-0.3, -0.25) is 4.79 Å². The average molecular weight is 405 g/mol. The molecule has 1 heterocycles. The van der Waals surface area contributed by atoms with E-state index >= 15 is 0 Å². The summed E-state index contributed by atoms with van der Waals surface area (Å²) in [5.41, 5.74) is 3.15. The SMILES string of the molecule is COc1ccc(/C=C/C(=O)c2c(C)[nH]c(C(=O)O)c2C)cc1OCc1ccccc1. The fourth-order valence-electron chi connectivity index (χ4n) is 3.23. The first-order valence-electron chi connectivity index (χ1n) is 9.40. The molecular formula is C24H23NO5. The number of hydrogen-bond donors (Lipinski definition) is 2. The van der Waals surface area contributed by atoms with E-state index in [0.717, 1.165) is 11.1 Å². The molecule has 0 aliphatic heterocycles. The number of allylic oxidation sites excluding steroid dienone is 1. The van der Waals surface area contributed by atoms with Gasteiger partial charge in [0.15, 0.2) is 17.3 Å². The maximum Gasteiger partial charge on any atom is 0.352 e. The largest absolute Gasteiger partial charge is 0.493 e. The highest BCUT2D eigenvalue weighted by Gasteiger charge is 2.20. The fraction of sp³-hybridized carbons (Fsp3) is 0.167. The molecule has 0 fully saturated rings. The maximum atomic E-state index is 12.7. The Bertz CT molecular complexity index is 1100. The Morgan fingerprint density at radius 3 is 2.43 bits per heavy atom. The third-order valence-electron chi connectivity index (χ3n) is 4.75. The molecule has 154 valence electrons. The molecule has 0 atom stereocenters. The number of methoxy groups -OCH3 is 1. The number of benzene rings is 2. The third kappa shape index (κ3) is 4.60. The minimum atomic E-state index is -1.09. The quantitative estimate of drug-likeness (QED) is 0.415. The number of aromatic amines is 1. The molecule has 0 saturated carbocycles. The Balaban J connectivity index is 1.80. The van der Waals surface area contributed by atoms with Crippen molar-refractivity contribution in [1.29, 1.82) is 0 Å². The number of ketones is 1. The van der Waals surface area contributed by atoms with Crippen LogP contribution in [0, 0.1) is 13.8 Å². The molecule has 0 aliphatic rings. The predicted molar refractivity (Wildman–Crippen MR) is 114 cm³/mol. The summed E-state index contributed by atoms with van der Waals surface area (Å²) in [6.45, 7) is 3.70. The van der Waals surface area contributed by atoms with Crippen LogP contribution in [0.4, 0.5) is 0 Å². The molecule has 0 aliphatic carbocycles. The van der Waals surface area contributed by atoms with Gasteiger partial charge >= 0.3 is 5.97 Å². The highest BCUT2D eigenvalue weighted by atomic mass is 16.5. The van der Waals surface area contributed by atoms with Crippen LogP contribution in [0.1, 0.15) is 43.2 Å². The zero-order valence-corrected chi connectivity index (χ0v) is 17.1. The lowest BCUT2D eigenvalue weighted by molar-refractivity contribution is 0.0690. The second-order valence-corrected chi connectivity index (χ2v) is 6.81. The van der Waals surface area contributed by atoms with Crippen LogP contribution in [0.25, 0.3) is 6.08 Å². The van der Waals surface area contributed by atoms with Gasteiger partial charge in [-0.05, 0) is 48.7 Å². The van der Waals surface area contributed by atoms with Gasteiger partial charge < -0.3 is 19.6 Å². The Labute approximate surface area is 174 Å². The van der Waals surface area contributed by atoms with E-state index in [1.807, 2.05) is 36.4 Å². The second kappa shape index (κ2) is 9.13. The molecule has 0 bridgehead atoms. The van der Waals surface area contributed by atoms with Gasteiger partial charge in [0.25, 0.3) is 0 Å². The number of aromatic nitrogens is 1. The van der Waals surface area contributed by atoms with Crippen LogP contribution in [0.15, 0.2) is 54.6 Å². The van der Waals surface area contributed by atoms with Crippen LogP contribution in [-0.2, 0) is 6.61 Å². The minimum Gasteiger partial charge on any atom is -0.493 e. The highest BCUT2D eigenvalue weighted by Crippen LogP contribution is 2.29. The van der Waals surface area contributed by atoms with Gasteiger partial charge in [0.1, 0.15) is 12.3 Å². The molecule has 2 aromatic carbocycles. The van der Waals surface area contributed by atoms with Gasteiger partial charge in [0.05, 0.1) is 7.11 Å². The van der Waals surface area contributed by atoms with E-state index in [1.165, 1.54) is 6.08 Å². The van der Waals surface area contributed by atoms with Gasteiger partial charge in [-0.1, -0.05) is 42.5 Å². The van der Waals surface area contributed by atoms with Crippen molar-refractivity contribution >= 4 is 17.8 Å². The van der Waals surface area contributed by atoms with E-state index in [-0.39, 0.29) is 11.5 Å². The average Bonchev–Trinajstić information content (AvgIpc) is 3.05. The number of carbonyl (C=O) groups excluding carboxylic acids is 1. The summed E-state index contributed by atoms with van der Waals surface area (Å²) < 4.78 is 11.3. The van der Waals surface area contributed by atoms with E-state index in [1.54, 1.807) is 39.2 Å². The molecule has 0 unspecified atom stereocenters. The number of carboxylic acids is 1. The van der Waals surface area contributed by atoms with E-state index in [4.69, 9.17) is 9.47 Å². The summed E-state index contributed by atoms with van der Waals surface area (Å²) >= 11 is 0. The molecule has 0 saturated heterocycles. The van der Waals surface area contributed by atoms with Crippen LogP contribution >= 0.6 is 0 Å². The monoisotopic (exact) mass is 405 g/mol. The molecule has 6 nitrogen and oxygen atoms in total. The number of hydrogen-bond acceptors (Lipinski definition) is 4. The van der Waals surface area contributed by atoms with Crippen molar-refractivity contribution in [3.05, 3.63) is 88.2 Å². The number of aryl methyl sites for hydroxylation is 1. The fourth-order valence-corrected chi connectivity index (χ4v) is 3.23. The van der Waals surface area contributed by atoms with E-state index in [9.17, 15) is 14.7 Å². The van der Waals surface area contributed by atoms with Gasteiger partial charge in [0, 0.05) is 11.3 Å². The number of H-pyrrole nitrogens is 1. The lowest BCUT2D eigenvalue weighted by Gasteiger charge is -2.11. The molecule has 30 heavy (non-hydrogen) atoms. The van der Waals surface area contributed by atoms with E-state index in [2.05, 4.69) is 4.98 Å². The summed E-state index contributed by atoms with van der Waals surface area (Å²) in [4.78, 5) is 26.7. The summed E-state index contributed by atoms with van der Waals surface area (Å²) in [6, 6.07) is 15.2. The lowest BCUT2D eigenvalue weighted by Crippen LogP contribution is -2.01. The topological polar surface area (TPSA) is 88.6 Å². The molecule has 0 spiro atoms. The van der Waals surface area contributed by atoms with Crippen LogP contribution in [-0.4, -0.2) is 29.0 Å². The Kier molecular flexibility index (Phi) is 6.37. The Hall–Kier alpha value is -3.80. The molecular weight excluding hydrogens is 382 g/mol. The summed E-state index contributed by atoms with van der Waals surface area (Å²) in [7, 11) is 1.57. The van der Waals surface area contributed by atoms with Crippen LogP contribution < -0.4 is 9.47 Å². The maximum absolute atomic E-state index is 12.7. The molecule has 0 amide bonds. The highest BCUT2D eigenvalue weighted by molar-refractivity contribution is 6.10. The van der Waals surface area contributed by atoms with Crippen molar-refractivity contribution in [3.63, 3.8) is 0 Å². The molecule has 6 heteroatoms. The van der Waals surface area contributed by atoms with Gasteiger partial charge in [-0.2, -0.15) is 0 Å². The molecule has 1 aromatic heterocycles. The van der Waals surface area contributed by atoms with Crippen molar-refractivity contribution in [1.82, 2.24) is 4.98 Å². The van der Waals surface area contributed by atoms with Crippen LogP contribution in [0.3, 0.4) is 0 Å². The van der Waals surface area contributed by atoms with Crippen LogP contribution in [0.5, 0.6) is 11.5 Å². The van der Waals surface area contributed by atoms with Crippen LogP contribution in [0.2, 0.25) is 0 Å². The number of carbonyl (C=O) groups is 2. The van der Waals surface area contributed by atoms with Crippen molar-refractivity contribution in [2.75, 3.05) is 7.11 Å². The second-order valence-electron chi connectivity index (χ2n) is 6.81. The van der Waals surface area contributed by atoms with Gasteiger partial charge in [-0.15, -0.1) is 0 Å². The molecule has 0 radical (unpaired) electrons. The first-order valence-corrected chi connectivity index (χ1v) is 9.40. The number of ether oxygens (including phenoxy) is 2. The Morgan fingerprint density at radius 2 is 1.80 bits per heavy atom. The normalized spacial score (nSPS) is 10.9. The van der Waals surface area contributed by atoms with E-state index in [0.29, 0.717) is 34.9 Å². The molecule has 3 rings (SSSR count). The molecule has 2 N–H and O–H groups in total. The van der Waals surface area contributed by atoms with Crippen molar-refractivity contribution in [2.24, 2.45) is 0 Å². The van der Waals surface area contributed by atoms with Crippen molar-refractivity contribution in [3.8, 4) is 11.5 Å².